The van der Waals surface area contributed by atoms with Crippen LogP contribution in [-0.2, 0) is 4.79 Å². The number of aromatic nitrogens is 2. The van der Waals surface area contributed by atoms with E-state index in [0.717, 1.165) is 22.3 Å². The van der Waals surface area contributed by atoms with Crippen LogP contribution in [0.4, 0.5) is 5.13 Å². The first-order chi connectivity index (χ1) is 12.7. The predicted octanol–water partition coefficient (Wildman–Crippen LogP) is 5.65. The van der Waals surface area contributed by atoms with Crippen LogP contribution in [0.25, 0.3) is 10.3 Å². The molecule has 1 saturated carbocycles. The lowest BCUT2D eigenvalue weighted by atomic mass is 9.87. The molecule has 2 aromatic heterocycles. The minimum absolute atomic E-state index is 0.00764. The number of carbonyl (C=O) groups excluding carboxylic acids is 1. The second kappa shape index (κ2) is 7.72. The summed E-state index contributed by atoms with van der Waals surface area (Å²) in [4.78, 5) is 22.5. The van der Waals surface area contributed by atoms with E-state index in [1.54, 1.807) is 6.07 Å². The van der Waals surface area contributed by atoms with Gasteiger partial charge in [-0.15, -0.1) is 0 Å². The Morgan fingerprint density at radius 3 is 2.69 bits per heavy atom. The molecule has 1 unspecified atom stereocenters. The zero-order valence-corrected chi connectivity index (χ0v) is 15.9. The minimum atomic E-state index is -0.150. The van der Waals surface area contributed by atoms with E-state index in [1.807, 2.05) is 36.4 Å². The fourth-order valence-corrected chi connectivity index (χ4v) is 4.74. The van der Waals surface area contributed by atoms with Crippen molar-refractivity contribution in [3.05, 3.63) is 53.2 Å². The zero-order chi connectivity index (χ0) is 17.9. The van der Waals surface area contributed by atoms with Gasteiger partial charge in [0, 0.05) is 0 Å². The van der Waals surface area contributed by atoms with Crippen LogP contribution in [0.3, 0.4) is 0 Å². The van der Waals surface area contributed by atoms with Gasteiger partial charge in [0.2, 0.25) is 5.91 Å². The van der Waals surface area contributed by atoms with Gasteiger partial charge in [0.05, 0.1) is 5.92 Å². The van der Waals surface area contributed by atoms with E-state index in [-0.39, 0.29) is 11.8 Å². The van der Waals surface area contributed by atoms with Gasteiger partial charge in [0.1, 0.15) is 15.5 Å². The van der Waals surface area contributed by atoms with Gasteiger partial charge in [-0.1, -0.05) is 79.0 Å². The molecular weight excluding hydrogens is 366 g/mol. The summed E-state index contributed by atoms with van der Waals surface area (Å²) in [6.45, 7) is 0. The number of rotatable bonds is 5. The monoisotopic (exact) mass is 385 g/mol. The number of pyridine rings is 1. The lowest BCUT2D eigenvalue weighted by Crippen LogP contribution is -2.23. The molecule has 26 heavy (non-hydrogen) atoms. The standard InChI is InChI=1S/C20H20ClN3OS/c21-17-11-10-16-19(23-17)26-20(22-16)24-18(25)15(12-13-6-4-5-7-13)14-8-2-1-3-9-14/h1-3,8-11,13,15H,4-7,12H2,(H,22,24,25). The predicted molar refractivity (Wildman–Crippen MR) is 107 cm³/mol. The number of halogens is 1. The second-order valence-electron chi connectivity index (χ2n) is 6.82. The van der Waals surface area contributed by atoms with Crippen LogP contribution in [0.1, 0.15) is 43.6 Å². The number of anilines is 1. The average Bonchev–Trinajstić information content (AvgIpc) is 3.29. The van der Waals surface area contributed by atoms with Crippen molar-refractivity contribution in [2.75, 3.05) is 5.32 Å². The Balaban J connectivity index is 1.56. The van der Waals surface area contributed by atoms with Crippen molar-refractivity contribution in [2.45, 2.75) is 38.0 Å². The molecular formula is C20H20ClN3OS. The molecule has 6 heteroatoms. The number of thiazole rings is 1. The maximum atomic E-state index is 13.1. The third kappa shape index (κ3) is 3.89. The van der Waals surface area contributed by atoms with Gasteiger partial charge in [-0.3, -0.25) is 4.79 Å². The molecule has 1 aliphatic rings. The van der Waals surface area contributed by atoms with Crippen molar-refractivity contribution in [2.24, 2.45) is 5.92 Å². The molecule has 134 valence electrons. The van der Waals surface area contributed by atoms with Crippen LogP contribution >= 0.6 is 22.9 Å². The summed E-state index contributed by atoms with van der Waals surface area (Å²) in [6.07, 6.45) is 5.89. The normalized spacial score (nSPS) is 16.0. The fourth-order valence-electron chi connectivity index (χ4n) is 3.70. The van der Waals surface area contributed by atoms with Crippen molar-refractivity contribution in [3.63, 3.8) is 0 Å². The van der Waals surface area contributed by atoms with E-state index >= 15 is 0 Å². The SMILES string of the molecule is O=C(Nc1nc2ccc(Cl)nc2s1)C(CC1CCCC1)c1ccccc1. The highest BCUT2D eigenvalue weighted by atomic mass is 35.5. The first-order valence-corrected chi connectivity index (χ1v) is 10.2. The highest BCUT2D eigenvalue weighted by molar-refractivity contribution is 7.22. The van der Waals surface area contributed by atoms with Crippen molar-refractivity contribution >= 4 is 44.3 Å². The Labute approximate surface area is 161 Å². The van der Waals surface area contributed by atoms with Crippen LogP contribution in [0.5, 0.6) is 0 Å². The Kier molecular flexibility index (Phi) is 5.18. The molecule has 0 saturated heterocycles. The second-order valence-corrected chi connectivity index (χ2v) is 8.18. The third-order valence-corrected chi connectivity index (χ3v) is 6.10. The lowest BCUT2D eigenvalue weighted by molar-refractivity contribution is -0.118. The number of nitrogens with one attached hydrogen (secondary N) is 1. The first-order valence-electron chi connectivity index (χ1n) is 8.98. The minimum Gasteiger partial charge on any atom is -0.301 e. The third-order valence-electron chi connectivity index (χ3n) is 5.01. The molecule has 0 radical (unpaired) electrons. The van der Waals surface area contributed by atoms with Gasteiger partial charge in [-0.25, -0.2) is 9.97 Å². The highest BCUT2D eigenvalue weighted by Gasteiger charge is 2.27. The lowest BCUT2D eigenvalue weighted by Gasteiger charge is -2.20. The Hall–Kier alpha value is -1.98. The number of hydrogen-bond donors (Lipinski definition) is 1. The summed E-state index contributed by atoms with van der Waals surface area (Å²) in [5, 5.41) is 4.02. The van der Waals surface area contributed by atoms with Crippen LogP contribution in [0.2, 0.25) is 5.15 Å². The molecule has 1 aromatic carbocycles. The largest absolute Gasteiger partial charge is 0.301 e. The topological polar surface area (TPSA) is 54.9 Å². The molecule has 0 spiro atoms. The van der Waals surface area contributed by atoms with E-state index in [1.165, 1.54) is 37.0 Å². The van der Waals surface area contributed by atoms with E-state index in [4.69, 9.17) is 11.6 Å². The molecule has 3 aromatic rings. The number of carbonyl (C=O) groups is 1. The number of benzene rings is 1. The molecule has 1 fully saturated rings. The van der Waals surface area contributed by atoms with Gasteiger partial charge < -0.3 is 5.32 Å². The fraction of sp³-hybridized carbons (Fsp3) is 0.350. The van der Waals surface area contributed by atoms with Crippen molar-refractivity contribution in [1.82, 2.24) is 9.97 Å². The summed E-state index contributed by atoms with van der Waals surface area (Å²) >= 11 is 7.30. The van der Waals surface area contributed by atoms with E-state index in [2.05, 4.69) is 15.3 Å². The first kappa shape index (κ1) is 17.4. The number of amides is 1. The molecule has 1 atom stereocenters. The summed E-state index contributed by atoms with van der Waals surface area (Å²) in [6, 6.07) is 13.6. The van der Waals surface area contributed by atoms with Gasteiger partial charge >= 0.3 is 0 Å². The summed E-state index contributed by atoms with van der Waals surface area (Å²) in [5.41, 5.74) is 1.82. The molecule has 0 aliphatic heterocycles. The van der Waals surface area contributed by atoms with Gasteiger partial charge in [-0.2, -0.15) is 0 Å². The van der Waals surface area contributed by atoms with E-state index in [0.29, 0.717) is 16.2 Å². The van der Waals surface area contributed by atoms with Crippen LogP contribution in [-0.4, -0.2) is 15.9 Å². The number of hydrogen-bond acceptors (Lipinski definition) is 4. The van der Waals surface area contributed by atoms with Crippen LogP contribution in [0.15, 0.2) is 42.5 Å². The quantitative estimate of drug-likeness (QED) is 0.577. The van der Waals surface area contributed by atoms with E-state index < -0.39 is 0 Å². The van der Waals surface area contributed by atoms with Gasteiger partial charge in [-0.05, 0) is 30.0 Å². The summed E-state index contributed by atoms with van der Waals surface area (Å²) in [7, 11) is 0. The smallest absolute Gasteiger partial charge is 0.233 e. The van der Waals surface area contributed by atoms with Crippen LogP contribution in [0, 0.1) is 5.92 Å². The summed E-state index contributed by atoms with van der Waals surface area (Å²) in [5.74, 6) is 0.484. The molecule has 4 rings (SSSR count). The zero-order valence-electron chi connectivity index (χ0n) is 14.3. The number of nitrogens with zero attached hydrogens (tertiary/aromatic N) is 2. The Morgan fingerprint density at radius 2 is 1.92 bits per heavy atom. The Morgan fingerprint density at radius 1 is 1.15 bits per heavy atom. The van der Waals surface area contributed by atoms with Crippen LogP contribution < -0.4 is 5.32 Å². The molecule has 1 amide bonds. The molecule has 4 nitrogen and oxygen atoms in total. The average molecular weight is 386 g/mol. The van der Waals surface area contributed by atoms with Gasteiger partial charge in [0.25, 0.3) is 0 Å². The van der Waals surface area contributed by atoms with E-state index in [9.17, 15) is 4.79 Å². The van der Waals surface area contributed by atoms with Crippen molar-refractivity contribution < 1.29 is 4.79 Å². The maximum absolute atomic E-state index is 13.1. The molecule has 0 bridgehead atoms. The maximum Gasteiger partial charge on any atom is 0.233 e. The van der Waals surface area contributed by atoms with Crippen molar-refractivity contribution in [3.8, 4) is 0 Å². The van der Waals surface area contributed by atoms with Crippen molar-refractivity contribution in [1.29, 1.82) is 0 Å². The summed E-state index contributed by atoms with van der Waals surface area (Å²) < 4.78 is 0. The molecule has 1 aliphatic carbocycles. The van der Waals surface area contributed by atoms with Gasteiger partial charge in [0.15, 0.2) is 5.13 Å². The highest BCUT2D eigenvalue weighted by Crippen LogP contribution is 2.35. The number of fused-ring (bicyclic) bond motifs is 1. The molecule has 1 N–H and O–H groups in total. The molecule has 2 heterocycles. The Bertz CT molecular complexity index is 906.